The van der Waals surface area contributed by atoms with Crippen LogP contribution in [0.15, 0.2) is 18.2 Å². The van der Waals surface area contributed by atoms with Gasteiger partial charge in [0.1, 0.15) is 0 Å². The van der Waals surface area contributed by atoms with Crippen molar-refractivity contribution in [3.05, 3.63) is 34.3 Å². The Kier molecular flexibility index (Phi) is 4.45. The van der Waals surface area contributed by atoms with Crippen LogP contribution >= 0.6 is 11.6 Å². The highest BCUT2D eigenvalue weighted by atomic mass is 35.5. The largest absolute Gasteiger partial charge is 0.376 e. The fraction of sp³-hybridized carbons (Fsp3) is 0.500. The van der Waals surface area contributed by atoms with Gasteiger partial charge in [-0.1, -0.05) is 17.7 Å². The lowest BCUT2D eigenvalue weighted by molar-refractivity contribution is -0.0300. The first-order valence-electron chi connectivity index (χ1n) is 6.47. The molecule has 1 fully saturated rings. The summed E-state index contributed by atoms with van der Waals surface area (Å²) < 4.78 is 5.53. The first-order valence-corrected chi connectivity index (χ1v) is 6.85. The number of nitrogens with two attached hydrogens (primary N) is 1. The van der Waals surface area contributed by atoms with E-state index < -0.39 is 0 Å². The second kappa shape index (κ2) is 5.90. The van der Waals surface area contributed by atoms with Crippen molar-refractivity contribution in [3.63, 3.8) is 0 Å². The Morgan fingerprint density at radius 2 is 2.32 bits per heavy atom. The summed E-state index contributed by atoms with van der Waals surface area (Å²) in [5.41, 5.74) is 7.39. The lowest BCUT2D eigenvalue weighted by Gasteiger charge is -2.42. The molecule has 0 aliphatic heterocycles. The molecule has 1 aromatic carbocycles. The van der Waals surface area contributed by atoms with Crippen LogP contribution in [-0.4, -0.2) is 30.7 Å². The highest BCUT2D eigenvalue weighted by molar-refractivity contribution is 6.31. The van der Waals surface area contributed by atoms with Crippen molar-refractivity contribution < 1.29 is 9.53 Å². The summed E-state index contributed by atoms with van der Waals surface area (Å²) in [7, 11) is 0. The van der Waals surface area contributed by atoms with E-state index in [4.69, 9.17) is 22.1 Å². The molecule has 4 nitrogen and oxygen atoms in total. The van der Waals surface area contributed by atoms with Crippen LogP contribution in [0, 0.1) is 6.92 Å². The molecular formula is C14H19ClN2O2. The van der Waals surface area contributed by atoms with Gasteiger partial charge in [0.2, 0.25) is 0 Å². The third-order valence-electron chi connectivity index (χ3n) is 3.49. The SMILES string of the molecule is CCOC1CC(N)C1NC(=O)c1cc(Cl)ccc1C. The monoisotopic (exact) mass is 282 g/mol. The number of nitrogens with one attached hydrogen (secondary N) is 1. The van der Waals surface area contributed by atoms with E-state index >= 15 is 0 Å². The van der Waals surface area contributed by atoms with E-state index in [-0.39, 0.29) is 24.1 Å². The zero-order chi connectivity index (χ0) is 14.0. The standard InChI is InChI=1S/C14H19ClN2O2/c1-3-19-12-7-11(16)13(12)17-14(18)10-6-9(15)5-4-8(10)2/h4-6,11-13H,3,7,16H2,1-2H3,(H,17,18). The molecule has 1 aromatic rings. The van der Waals surface area contributed by atoms with Crippen molar-refractivity contribution in [1.82, 2.24) is 5.32 Å². The van der Waals surface area contributed by atoms with Gasteiger partial charge in [-0.25, -0.2) is 0 Å². The maximum Gasteiger partial charge on any atom is 0.251 e. The van der Waals surface area contributed by atoms with Gasteiger partial charge in [-0.05, 0) is 38.0 Å². The average Bonchev–Trinajstić information content (AvgIpc) is 2.38. The molecule has 1 aliphatic carbocycles. The van der Waals surface area contributed by atoms with Gasteiger partial charge in [-0.15, -0.1) is 0 Å². The van der Waals surface area contributed by atoms with Crippen LogP contribution in [0.3, 0.4) is 0 Å². The van der Waals surface area contributed by atoms with E-state index in [1.54, 1.807) is 12.1 Å². The van der Waals surface area contributed by atoms with Crippen LogP contribution in [0.4, 0.5) is 0 Å². The number of aryl methyl sites for hydroxylation is 1. The number of halogens is 1. The number of hydrogen-bond donors (Lipinski definition) is 2. The Morgan fingerprint density at radius 3 is 2.95 bits per heavy atom. The van der Waals surface area contributed by atoms with Crippen LogP contribution in [0.1, 0.15) is 29.3 Å². The van der Waals surface area contributed by atoms with Gasteiger partial charge in [0, 0.05) is 23.2 Å². The fourth-order valence-electron chi connectivity index (χ4n) is 2.30. The third kappa shape index (κ3) is 3.08. The molecule has 19 heavy (non-hydrogen) atoms. The molecule has 1 saturated carbocycles. The van der Waals surface area contributed by atoms with E-state index in [0.717, 1.165) is 12.0 Å². The summed E-state index contributed by atoms with van der Waals surface area (Å²) in [6.07, 6.45) is 0.802. The zero-order valence-corrected chi connectivity index (χ0v) is 11.9. The molecule has 3 N–H and O–H groups in total. The Labute approximate surface area is 118 Å². The Morgan fingerprint density at radius 1 is 1.58 bits per heavy atom. The topological polar surface area (TPSA) is 64.3 Å². The zero-order valence-electron chi connectivity index (χ0n) is 11.2. The van der Waals surface area contributed by atoms with Crippen LogP contribution in [0.25, 0.3) is 0 Å². The van der Waals surface area contributed by atoms with Crippen LogP contribution < -0.4 is 11.1 Å². The predicted molar refractivity (Wildman–Crippen MR) is 75.4 cm³/mol. The normalized spacial score (nSPS) is 25.8. The number of carbonyl (C=O) groups excluding carboxylic acids is 1. The van der Waals surface area contributed by atoms with Gasteiger partial charge in [0.15, 0.2) is 0 Å². The van der Waals surface area contributed by atoms with Gasteiger partial charge in [-0.3, -0.25) is 4.79 Å². The maximum atomic E-state index is 12.2. The minimum Gasteiger partial charge on any atom is -0.376 e. The van der Waals surface area contributed by atoms with E-state index in [0.29, 0.717) is 17.2 Å². The van der Waals surface area contributed by atoms with E-state index in [1.165, 1.54) is 0 Å². The first kappa shape index (κ1) is 14.3. The van der Waals surface area contributed by atoms with Gasteiger partial charge >= 0.3 is 0 Å². The molecule has 104 valence electrons. The number of ether oxygens (including phenoxy) is 1. The quantitative estimate of drug-likeness (QED) is 0.886. The Balaban J connectivity index is 2.06. The van der Waals surface area contributed by atoms with Gasteiger partial charge in [0.05, 0.1) is 12.1 Å². The molecule has 0 bridgehead atoms. The minimum atomic E-state index is -0.148. The highest BCUT2D eigenvalue weighted by Crippen LogP contribution is 2.23. The molecule has 1 aliphatic rings. The van der Waals surface area contributed by atoms with E-state index in [1.807, 2.05) is 19.9 Å². The minimum absolute atomic E-state index is 0.0171. The summed E-state index contributed by atoms with van der Waals surface area (Å²) in [6, 6.07) is 5.11. The average molecular weight is 283 g/mol. The molecule has 2 rings (SSSR count). The third-order valence-corrected chi connectivity index (χ3v) is 3.72. The van der Waals surface area contributed by atoms with E-state index in [9.17, 15) is 4.79 Å². The predicted octanol–water partition coefficient (Wildman–Crippen LogP) is 1.88. The summed E-state index contributed by atoms with van der Waals surface area (Å²) in [5, 5.41) is 3.49. The summed E-state index contributed by atoms with van der Waals surface area (Å²) >= 11 is 5.92. The molecule has 0 aromatic heterocycles. The molecule has 0 spiro atoms. The lowest BCUT2D eigenvalue weighted by atomic mass is 9.83. The molecular weight excluding hydrogens is 264 g/mol. The molecule has 0 radical (unpaired) electrons. The molecule has 0 heterocycles. The molecule has 3 atom stereocenters. The number of hydrogen-bond acceptors (Lipinski definition) is 3. The highest BCUT2D eigenvalue weighted by Gasteiger charge is 2.40. The Bertz CT molecular complexity index is 477. The summed E-state index contributed by atoms with van der Waals surface area (Å²) in [5.74, 6) is -0.148. The van der Waals surface area contributed by atoms with Crippen molar-refractivity contribution in [1.29, 1.82) is 0 Å². The first-order chi connectivity index (χ1) is 9.02. The summed E-state index contributed by atoms with van der Waals surface area (Å²) in [6.45, 7) is 4.44. The van der Waals surface area contributed by atoms with Gasteiger partial charge < -0.3 is 15.8 Å². The molecule has 0 saturated heterocycles. The second-order valence-corrected chi connectivity index (χ2v) is 5.29. The fourth-order valence-corrected chi connectivity index (χ4v) is 2.47. The van der Waals surface area contributed by atoms with Crippen molar-refractivity contribution in [2.75, 3.05) is 6.61 Å². The van der Waals surface area contributed by atoms with Crippen molar-refractivity contribution >= 4 is 17.5 Å². The van der Waals surface area contributed by atoms with Crippen LogP contribution in [-0.2, 0) is 4.74 Å². The molecule has 1 amide bonds. The van der Waals surface area contributed by atoms with Gasteiger partial charge in [0.25, 0.3) is 5.91 Å². The summed E-state index contributed by atoms with van der Waals surface area (Å²) in [4.78, 5) is 12.2. The number of rotatable bonds is 4. The smallest absolute Gasteiger partial charge is 0.251 e. The molecule has 5 heteroatoms. The van der Waals surface area contributed by atoms with Crippen molar-refractivity contribution in [2.45, 2.75) is 38.5 Å². The lowest BCUT2D eigenvalue weighted by Crippen LogP contribution is -2.64. The number of benzene rings is 1. The Hall–Kier alpha value is -1.10. The van der Waals surface area contributed by atoms with Gasteiger partial charge in [-0.2, -0.15) is 0 Å². The molecule has 3 unspecified atom stereocenters. The maximum absolute atomic E-state index is 12.2. The van der Waals surface area contributed by atoms with Crippen LogP contribution in [0.5, 0.6) is 0 Å². The number of carbonyl (C=O) groups is 1. The van der Waals surface area contributed by atoms with Crippen molar-refractivity contribution in [3.8, 4) is 0 Å². The number of amides is 1. The van der Waals surface area contributed by atoms with Crippen LogP contribution in [0.2, 0.25) is 5.02 Å². The van der Waals surface area contributed by atoms with Crippen molar-refractivity contribution in [2.24, 2.45) is 5.73 Å². The second-order valence-electron chi connectivity index (χ2n) is 4.85. The van der Waals surface area contributed by atoms with E-state index in [2.05, 4.69) is 5.32 Å².